The molecule has 0 unspecified atom stereocenters. The molecule has 0 bridgehead atoms. The molecule has 0 amide bonds. The van der Waals surface area contributed by atoms with Crippen molar-refractivity contribution >= 4 is 85.6 Å². The molecule has 13 rings (SSSR count). The number of fused-ring (bicyclic) bond motifs is 9. The van der Waals surface area contributed by atoms with Crippen molar-refractivity contribution in [2.75, 3.05) is 0 Å². The molecule has 0 fully saturated rings. The number of hydrogen-bond acceptors (Lipinski definition) is 4. The largest absolute Gasteiger partial charge is 0.309 e. The summed E-state index contributed by atoms with van der Waals surface area (Å²) in [6, 6.07) is 74.0. The van der Waals surface area contributed by atoms with Crippen LogP contribution in [0.5, 0.6) is 0 Å². The smallest absolute Gasteiger partial charge is 0.164 e. The van der Waals surface area contributed by atoms with E-state index in [0.29, 0.717) is 17.5 Å². The maximum absolute atomic E-state index is 5.36. The summed E-state index contributed by atoms with van der Waals surface area (Å²) in [6.07, 6.45) is 0. The lowest BCUT2D eigenvalue weighted by Gasteiger charge is -2.17. The van der Waals surface area contributed by atoms with Gasteiger partial charge in [0.25, 0.3) is 0 Å². The van der Waals surface area contributed by atoms with Crippen molar-refractivity contribution in [2.45, 2.75) is 0 Å². The average Bonchev–Trinajstić information content (AvgIpc) is 3.88. The Labute approximate surface area is 360 Å². The number of rotatable bonds is 5. The van der Waals surface area contributed by atoms with Gasteiger partial charge in [-0.15, -0.1) is 11.3 Å². The van der Waals surface area contributed by atoms with Gasteiger partial charge in [0, 0.05) is 58.8 Å². The molecule has 0 radical (unpaired) electrons. The zero-order chi connectivity index (χ0) is 40.7. The summed E-state index contributed by atoms with van der Waals surface area (Å²) in [6.45, 7) is 0. The van der Waals surface area contributed by atoms with E-state index in [2.05, 4.69) is 211 Å². The van der Waals surface area contributed by atoms with Crippen molar-refractivity contribution in [2.24, 2.45) is 0 Å². The van der Waals surface area contributed by atoms with Crippen LogP contribution in [-0.4, -0.2) is 19.5 Å². The van der Waals surface area contributed by atoms with Crippen LogP contribution < -0.4 is 0 Å². The normalized spacial score (nSPS) is 11.9. The molecule has 288 valence electrons. The Kier molecular flexibility index (Phi) is 7.74. The van der Waals surface area contributed by atoms with E-state index in [1.165, 1.54) is 52.8 Å². The van der Waals surface area contributed by atoms with E-state index in [4.69, 9.17) is 15.0 Å². The third kappa shape index (κ3) is 5.42. The van der Waals surface area contributed by atoms with Gasteiger partial charge in [-0.25, -0.2) is 15.0 Å². The Morgan fingerprint density at radius 1 is 0.323 bits per heavy atom. The molecular weight excluding hydrogens is 773 g/mol. The van der Waals surface area contributed by atoms with Gasteiger partial charge >= 0.3 is 0 Å². The van der Waals surface area contributed by atoms with Gasteiger partial charge in [-0.2, -0.15) is 0 Å². The standard InChI is InChI=1S/C57H34N4S/c1-2-17-38-34-52-48(32-37(38)16-1)42-22-7-9-28-50(42)61(52)51-31-30-39(33-49(51)45-25-13-24-44-43-23-8-10-29-53(43)62-54(44)45)55-58-56(46-26-11-18-35-14-3-5-20-40(35)46)60-57(59-55)47-27-12-19-36-15-4-6-21-41(36)47/h1-34H. The number of benzene rings is 10. The lowest BCUT2D eigenvalue weighted by atomic mass is 9.98. The van der Waals surface area contributed by atoms with Crippen molar-refractivity contribution in [3.63, 3.8) is 0 Å². The average molecular weight is 807 g/mol. The van der Waals surface area contributed by atoms with Crippen LogP contribution >= 0.6 is 11.3 Å². The van der Waals surface area contributed by atoms with Crippen molar-refractivity contribution in [3.05, 3.63) is 206 Å². The summed E-state index contributed by atoms with van der Waals surface area (Å²) in [5.74, 6) is 1.90. The highest BCUT2D eigenvalue weighted by molar-refractivity contribution is 7.26. The predicted octanol–water partition coefficient (Wildman–Crippen LogP) is 15.5. The van der Waals surface area contributed by atoms with Crippen molar-refractivity contribution in [1.82, 2.24) is 19.5 Å². The molecule has 4 nitrogen and oxygen atoms in total. The zero-order valence-corrected chi connectivity index (χ0v) is 34.1. The molecule has 13 aromatic rings. The fourth-order valence-corrected chi connectivity index (χ4v) is 10.8. The molecule has 0 saturated heterocycles. The molecule has 3 heterocycles. The second kappa shape index (κ2) is 13.8. The van der Waals surface area contributed by atoms with Crippen LogP contribution in [0.1, 0.15) is 0 Å². The van der Waals surface area contributed by atoms with Gasteiger partial charge in [0.15, 0.2) is 17.5 Å². The Morgan fingerprint density at radius 3 is 1.58 bits per heavy atom. The Hall–Kier alpha value is -7.99. The van der Waals surface area contributed by atoms with Crippen molar-refractivity contribution < 1.29 is 0 Å². The predicted molar refractivity (Wildman–Crippen MR) is 261 cm³/mol. The van der Waals surface area contributed by atoms with Gasteiger partial charge < -0.3 is 4.57 Å². The van der Waals surface area contributed by atoms with E-state index in [1.54, 1.807) is 0 Å². The van der Waals surface area contributed by atoms with Crippen LogP contribution in [0.3, 0.4) is 0 Å². The van der Waals surface area contributed by atoms with Crippen LogP contribution in [0.4, 0.5) is 0 Å². The third-order valence-electron chi connectivity index (χ3n) is 12.4. The molecule has 0 N–H and O–H groups in total. The summed E-state index contributed by atoms with van der Waals surface area (Å²) < 4.78 is 4.98. The number of hydrogen-bond donors (Lipinski definition) is 0. The Morgan fingerprint density at radius 2 is 0.855 bits per heavy atom. The third-order valence-corrected chi connectivity index (χ3v) is 13.6. The Bertz CT molecular complexity index is 3840. The molecule has 5 heteroatoms. The van der Waals surface area contributed by atoms with Gasteiger partial charge in [-0.3, -0.25) is 0 Å². The van der Waals surface area contributed by atoms with E-state index in [-0.39, 0.29) is 0 Å². The Balaban J connectivity index is 1.12. The molecule has 0 aliphatic heterocycles. The van der Waals surface area contributed by atoms with E-state index in [1.807, 2.05) is 11.3 Å². The second-order valence-electron chi connectivity index (χ2n) is 15.9. The van der Waals surface area contributed by atoms with Gasteiger partial charge in [0.2, 0.25) is 0 Å². The summed E-state index contributed by atoms with van der Waals surface area (Å²) >= 11 is 1.85. The monoisotopic (exact) mass is 806 g/mol. The minimum atomic E-state index is 0.621. The number of nitrogens with zero attached hydrogens (tertiary/aromatic N) is 4. The van der Waals surface area contributed by atoms with Crippen LogP contribution in [0.15, 0.2) is 206 Å². The van der Waals surface area contributed by atoms with E-state index < -0.39 is 0 Å². The summed E-state index contributed by atoms with van der Waals surface area (Å²) in [5.41, 5.74) is 8.55. The number of aromatic nitrogens is 4. The first-order valence-electron chi connectivity index (χ1n) is 20.9. The maximum atomic E-state index is 5.36. The highest BCUT2D eigenvalue weighted by Crippen LogP contribution is 2.45. The van der Waals surface area contributed by atoms with Crippen LogP contribution in [0.25, 0.3) is 125 Å². The number of para-hydroxylation sites is 1. The molecule has 0 aliphatic rings. The molecule has 3 aromatic heterocycles. The SMILES string of the molecule is c1ccc2cc3c(cc2c1)c1ccccc1n3-c1ccc(-c2nc(-c3cccc4ccccc34)nc(-c3cccc4ccccc34)n2)cc1-c1cccc2c1sc1ccccc12. The second-order valence-corrected chi connectivity index (χ2v) is 17.0. The molecule has 0 saturated carbocycles. The topological polar surface area (TPSA) is 43.6 Å². The first kappa shape index (κ1) is 34.8. The molecule has 62 heavy (non-hydrogen) atoms. The van der Waals surface area contributed by atoms with Crippen LogP contribution in [-0.2, 0) is 0 Å². The van der Waals surface area contributed by atoms with Crippen molar-refractivity contribution in [3.8, 4) is 51.0 Å². The number of thiophene rings is 1. The summed E-state index contributed by atoms with van der Waals surface area (Å²) in [7, 11) is 0. The minimum Gasteiger partial charge on any atom is -0.309 e. The molecule has 0 aliphatic carbocycles. The zero-order valence-electron chi connectivity index (χ0n) is 33.3. The highest BCUT2D eigenvalue weighted by Gasteiger charge is 2.22. The molecular formula is C57H34N4S. The van der Waals surface area contributed by atoms with E-state index in [9.17, 15) is 0 Å². The lowest BCUT2D eigenvalue weighted by Crippen LogP contribution is -2.02. The minimum absolute atomic E-state index is 0.621. The van der Waals surface area contributed by atoms with E-state index in [0.717, 1.165) is 55.0 Å². The first-order valence-corrected chi connectivity index (χ1v) is 21.7. The molecule has 10 aromatic carbocycles. The van der Waals surface area contributed by atoms with Crippen LogP contribution in [0.2, 0.25) is 0 Å². The van der Waals surface area contributed by atoms with E-state index >= 15 is 0 Å². The molecule has 0 spiro atoms. The van der Waals surface area contributed by atoms with Gasteiger partial charge in [0.05, 0.1) is 16.7 Å². The summed E-state index contributed by atoms with van der Waals surface area (Å²) in [5, 5.41) is 11.9. The first-order chi connectivity index (χ1) is 30.7. The lowest BCUT2D eigenvalue weighted by molar-refractivity contribution is 1.08. The molecule has 0 atom stereocenters. The van der Waals surface area contributed by atoms with Gasteiger partial charge in [-0.1, -0.05) is 164 Å². The maximum Gasteiger partial charge on any atom is 0.164 e. The summed E-state index contributed by atoms with van der Waals surface area (Å²) in [4.78, 5) is 16.0. The fraction of sp³-hybridized carbons (Fsp3) is 0. The van der Waals surface area contributed by atoms with Crippen LogP contribution in [0, 0.1) is 0 Å². The highest BCUT2D eigenvalue weighted by atomic mass is 32.1. The van der Waals surface area contributed by atoms with Crippen molar-refractivity contribution in [1.29, 1.82) is 0 Å². The van der Waals surface area contributed by atoms with Gasteiger partial charge in [0.1, 0.15) is 0 Å². The fourth-order valence-electron chi connectivity index (χ4n) is 9.55. The quantitative estimate of drug-likeness (QED) is 0.174. The van der Waals surface area contributed by atoms with Gasteiger partial charge in [-0.05, 0) is 74.8 Å².